The third-order valence-corrected chi connectivity index (χ3v) is 6.20. The average molecular weight is 488 g/mol. The maximum atomic E-state index is 13.1. The van der Waals surface area contributed by atoms with Gasteiger partial charge in [-0.25, -0.2) is 12.7 Å². The van der Waals surface area contributed by atoms with Crippen molar-refractivity contribution in [3.63, 3.8) is 0 Å². The molecule has 1 aromatic heterocycles. The third-order valence-electron chi connectivity index (χ3n) is 5.45. The van der Waals surface area contributed by atoms with E-state index in [4.69, 9.17) is 0 Å². The second kappa shape index (κ2) is 9.40. The van der Waals surface area contributed by atoms with E-state index in [2.05, 4.69) is 5.10 Å². The molecule has 4 rings (SSSR count). The van der Waals surface area contributed by atoms with E-state index in [0.29, 0.717) is 35.0 Å². The van der Waals surface area contributed by atoms with Gasteiger partial charge in [-0.1, -0.05) is 36.4 Å². The highest BCUT2D eigenvalue weighted by atomic mass is 32.2. The summed E-state index contributed by atoms with van der Waals surface area (Å²) in [5.41, 5.74) is 1.00. The lowest BCUT2D eigenvalue weighted by molar-refractivity contribution is -0.137. The van der Waals surface area contributed by atoms with Crippen molar-refractivity contribution in [2.75, 3.05) is 13.6 Å². The van der Waals surface area contributed by atoms with Crippen molar-refractivity contribution in [2.24, 2.45) is 0 Å². The zero-order chi connectivity index (χ0) is 24.5. The minimum atomic E-state index is -4.49. The Morgan fingerprint density at radius 1 is 0.941 bits per heavy atom. The van der Waals surface area contributed by atoms with E-state index in [1.165, 1.54) is 23.5 Å². The average Bonchev–Trinajstić information content (AvgIpc) is 2.82. The van der Waals surface area contributed by atoms with E-state index in [1.807, 2.05) is 24.3 Å². The first-order valence-corrected chi connectivity index (χ1v) is 11.4. The number of benzene rings is 3. The van der Waals surface area contributed by atoms with E-state index in [0.717, 1.165) is 22.4 Å². The number of hydrogen-bond donors (Lipinski definition) is 1. The standard InChI is InChI=1S/C24H20F3N3O3S/c1-29(34(32)33)14-13-16-5-4-6-17(15-16)22-20-7-2-3-8-21(20)23(31)30(28-22)19-11-9-18(10-12-19)24(25,26)27/h2-12,15,34H,13-14H2,1H3. The van der Waals surface area contributed by atoms with Crippen LogP contribution in [0, 0.1) is 0 Å². The molecule has 34 heavy (non-hydrogen) atoms. The fourth-order valence-corrected chi connectivity index (χ4v) is 3.88. The van der Waals surface area contributed by atoms with Gasteiger partial charge in [-0.05, 0) is 48.4 Å². The Morgan fingerprint density at radius 2 is 1.62 bits per heavy atom. The fourth-order valence-electron chi connectivity index (χ4n) is 3.62. The van der Waals surface area contributed by atoms with E-state index in [1.54, 1.807) is 24.3 Å². The van der Waals surface area contributed by atoms with Crippen LogP contribution in [0.25, 0.3) is 27.7 Å². The Morgan fingerprint density at radius 3 is 2.26 bits per heavy atom. The third kappa shape index (κ3) is 4.87. The zero-order valence-corrected chi connectivity index (χ0v) is 18.9. The summed E-state index contributed by atoms with van der Waals surface area (Å²) in [7, 11) is -1.17. The van der Waals surface area contributed by atoms with Gasteiger partial charge in [0.1, 0.15) is 0 Å². The predicted octanol–water partition coefficient (Wildman–Crippen LogP) is 4.07. The van der Waals surface area contributed by atoms with Gasteiger partial charge in [0.2, 0.25) is 10.9 Å². The van der Waals surface area contributed by atoms with Crippen molar-refractivity contribution in [1.82, 2.24) is 14.1 Å². The van der Waals surface area contributed by atoms with Crippen molar-refractivity contribution in [1.29, 1.82) is 0 Å². The van der Waals surface area contributed by atoms with Crippen LogP contribution in [0.3, 0.4) is 0 Å². The molecule has 0 aliphatic heterocycles. The van der Waals surface area contributed by atoms with E-state index >= 15 is 0 Å². The topological polar surface area (TPSA) is 72.3 Å². The molecule has 0 saturated carbocycles. The lowest BCUT2D eigenvalue weighted by Gasteiger charge is -2.13. The molecule has 0 spiro atoms. The molecule has 0 aliphatic rings. The van der Waals surface area contributed by atoms with Crippen LogP contribution >= 0.6 is 0 Å². The molecule has 6 nitrogen and oxygen atoms in total. The number of halogens is 3. The smallest absolute Gasteiger partial charge is 0.267 e. The molecule has 0 atom stereocenters. The molecule has 3 aromatic carbocycles. The Hall–Kier alpha value is -3.50. The van der Waals surface area contributed by atoms with Crippen molar-refractivity contribution in [3.8, 4) is 16.9 Å². The van der Waals surface area contributed by atoms with Gasteiger partial charge in [0, 0.05) is 24.5 Å². The van der Waals surface area contributed by atoms with Gasteiger partial charge in [-0.15, -0.1) is 0 Å². The summed E-state index contributed by atoms with van der Waals surface area (Å²) in [6.07, 6.45) is -4.01. The van der Waals surface area contributed by atoms with E-state index < -0.39 is 28.2 Å². The molecule has 10 heteroatoms. The van der Waals surface area contributed by atoms with E-state index in [9.17, 15) is 26.4 Å². The molecule has 176 valence electrons. The summed E-state index contributed by atoms with van der Waals surface area (Å²) in [6, 6.07) is 18.5. The normalized spacial score (nSPS) is 12.1. The zero-order valence-electron chi connectivity index (χ0n) is 18.0. The van der Waals surface area contributed by atoms with Crippen LogP contribution in [-0.4, -0.2) is 36.1 Å². The number of thiol groups is 1. The van der Waals surface area contributed by atoms with Crippen LogP contribution < -0.4 is 5.56 Å². The number of rotatable bonds is 6. The van der Waals surface area contributed by atoms with Gasteiger partial charge >= 0.3 is 6.18 Å². The van der Waals surface area contributed by atoms with Crippen LogP contribution in [-0.2, 0) is 23.5 Å². The molecule has 0 aliphatic carbocycles. The van der Waals surface area contributed by atoms with Crippen molar-refractivity contribution >= 4 is 21.7 Å². The molecule has 0 unspecified atom stereocenters. The van der Waals surface area contributed by atoms with Crippen LogP contribution in [0.2, 0.25) is 0 Å². The number of hydrogen-bond acceptors (Lipinski definition) is 4. The summed E-state index contributed by atoms with van der Waals surface area (Å²) in [5, 5.41) is 5.49. The monoisotopic (exact) mass is 487 g/mol. The largest absolute Gasteiger partial charge is 0.416 e. The highest BCUT2D eigenvalue weighted by Gasteiger charge is 2.30. The summed E-state index contributed by atoms with van der Waals surface area (Å²) >= 11 is 0. The van der Waals surface area contributed by atoms with Gasteiger partial charge in [0.25, 0.3) is 5.56 Å². The summed E-state index contributed by atoms with van der Waals surface area (Å²) in [4.78, 5) is 13.1. The molecule has 0 N–H and O–H groups in total. The van der Waals surface area contributed by atoms with Crippen molar-refractivity contribution in [3.05, 3.63) is 94.3 Å². The molecule has 0 radical (unpaired) electrons. The molecule has 0 saturated heterocycles. The second-order valence-electron chi connectivity index (χ2n) is 7.73. The highest BCUT2D eigenvalue weighted by Crippen LogP contribution is 2.30. The first kappa shape index (κ1) is 23.7. The number of fused-ring (bicyclic) bond motifs is 1. The number of nitrogens with zero attached hydrogens (tertiary/aromatic N) is 3. The molecule has 0 fully saturated rings. The lowest BCUT2D eigenvalue weighted by atomic mass is 10.0. The molecule has 0 bridgehead atoms. The van der Waals surface area contributed by atoms with Crippen LogP contribution in [0.4, 0.5) is 13.2 Å². The number of alkyl halides is 3. The number of likely N-dealkylation sites (N-methyl/N-ethyl adjacent to an activating group) is 1. The van der Waals surface area contributed by atoms with Crippen LogP contribution in [0.5, 0.6) is 0 Å². The Labute approximate surface area is 195 Å². The van der Waals surface area contributed by atoms with Gasteiger partial charge in [0.05, 0.1) is 22.3 Å². The Balaban J connectivity index is 1.82. The fraction of sp³-hybridized carbons (Fsp3) is 0.167. The van der Waals surface area contributed by atoms with Gasteiger partial charge in [-0.3, -0.25) is 4.79 Å². The maximum absolute atomic E-state index is 13.1. The second-order valence-corrected chi connectivity index (χ2v) is 8.88. The Bertz CT molecular complexity index is 1470. The molecule has 0 amide bonds. The number of aromatic nitrogens is 2. The summed E-state index contributed by atoms with van der Waals surface area (Å²) in [5.74, 6) is 0. The molecular weight excluding hydrogens is 467 g/mol. The minimum Gasteiger partial charge on any atom is -0.267 e. The first-order chi connectivity index (χ1) is 16.1. The van der Waals surface area contributed by atoms with Gasteiger partial charge in [0.15, 0.2) is 0 Å². The molecular formula is C24H20F3N3O3S. The first-order valence-electron chi connectivity index (χ1n) is 10.3. The SMILES string of the molecule is CN(CCc1cccc(-c2nn(-c3ccc(C(F)(F)F)cc3)c(=O)c3ccccc23)c1)[SH](=O)=O. The quantitative estimate of drug-likeness (QED) is 0.416. The van der Waals surface area contributed by atoms with Gasteiger partial charge < -0.3 is 0 Å². The Kier molecular flexibility index (Phi) is 6.54. The van der Waals surface area contributed by atoms with E-state index in [-0.39, 0.29) is 5.69 Å². The molecule has 4 aromatic rings. The summed E-state index contributed by atoms with van der Waals surface area (Å²) in [6.45, 7) is 0.307. The van der Waals surface area contributed by atoms with Crippen LogP contribution in [0.1, 0.15) is 11.1 Å². The van der Waals surface area contributed by atoms with Crippen molar-refractivity contribution < 1.29 is 21.6 Å². The van der Waals surface area contributed by atoms with Crippen molar-refractivity contribution in [2.45, 2.75) is 12.6 Å². The van der Waals surface area contributed by atoms with Gasteiger partial charge in [-0.2, -0.15) is 23.0 Å². The minimum absolute atomic E-state index is 0.210. The van der Waals surface area contributed by atoms with Crippen LogP contribution in [0.15, 0.2) is 77.6 Å². The molecule has 1 heterocycles. The maximum Gasteiger partial charge on any atom is 0.416 e. The lowest BCUT2D eigenvalue weighted by Crippen LogP contribution is -2.22. The predicted molar refractivity (Wildman–Crippen MR) is 124 cm³/mol. The highest BCUT2D eigenvalue weighted by molar-refractivity contribution is 7.69. The summed E-state index contributed by atoms with van der Waals surface area (Å²) < 4.78 is 63.4.